The molecular formula is C19H13NO4. The topological polar surface area (TPSA) is 53.1 Å². The first-order valence-electron chi connectivity index (χ1n) is 7.64. The lowest BCUT2D eigenvalue weighted by Crippen LogP contribution is -1.95. The van der Waals surface area contributed by atoms with Crippen molar-refractivity contribution >= 4 is 22.8 Å². The van der Waals surface area contributed by atoms with E-state index in [1.807, 2.05) is 52.9 Å². The van der Waals surface area contributed by atoms with Crippen LogP contribution in [0.15, 0.2) is 52.9 Å². The molecule has 0 saturated heterocycles. The molecule has 0 saturated carbocycles. The quantitative estimate of drug-likeness (QED) is 0.523. The van der Waals surface area contributed by atoms with Gasteiger partial charge in [-0.3, -0.25) is 4.40 Å². The second-order valence-corrected chi connectivity index (χ2v) is 5.72. The number of carbonyl (C=O) groups excluding carboxylic acids is 1. The Labute approximate surface area is 137 Å². The molecule has 2 aromatic heterocycles. The third-order valence-electron chi connectivity index (χ3n) is 4.46. The van der Waals surface area contributed by atoms with Gasteiger partial charge in [0.05, 0.1) is 18.3 Å². The van der Waals surface area contributed by atoms with Gasteiger partial charge in [-0.05, 0) is 42.0 Å². The standard InChI is InChI=1S/C19H13NO4/c1-22-12-8-6-11(7-9-12)17-13-10-23-19(21)16(13)18-20(17)14-4-2-3-5-15(14)24-18/h2-9H,10H2,1H3. The average Bonchev–Trinajstić information content (AvgIpc) is 3.25. The van der Waals surface area contributed by atoms with E-state index in [0.29, 0.717) is 11.3 Å². The molecule has 0 bridgehead atoms. The number of benzene rings is 2. The summed E-state index contributed by atoms with van der Waals surface area (Å²) in [5.74, 6) is 0.453. The molecule has 0 spiro atoms. The van der Waals surface area contributed by atoms with Crippen LogP contribution in [0.3, 0.4) is 0 Å². The number of hydrogen-bond acceptors (Lipinski definition) is 4. The predicted octanol–water partition coefficient (Wildman–Crippen LogP) is 4.03. The highest BCUT2D eigenvalue weighted by Gasteiger charge is 2.34. The number of ether oxygens (including phenoxy) is 2. The zero-order valence-electron chi connectivity index (χ0n) is 12.9. The Morgan fingerprint density at radius 2 is 1.88 bits per heavy atom. The molecular weight excluding hydrogens is 306 g/mol. The number of esters is 1. The summed E-state index contributed by atoms with van der Waals surface area (Å²) in [6.07, 6.45) is 0. The van der Waals surface area contributed by atoms with Crippen LogP contribution in [0.4, 0.5) is 0 Å². The van der Waals surface area contributed by atoms with E-state index in [2.05, 4.69) is 0 Å². The van der Waals surface area contributed by atoms with Gasteiger partial charge in [0.2, 0.25) is 5.71 Å². The van der Waals surface area contributed by atoms with Gasteiger partial charge in [0, 0.05) is 5.56 Å². The maximum Gasteiger partial charge on any atom is 0.344 e. The molecule has 0 atom stereocenters. The van der Waals surface area contributed by atoms with Crippen LogP contribution >= 0.6 is 0 Å². The number of hydrogen-bond donors (Lipinski definition) is 0. The van der Waals surface area contributed by atoms with Crippen LogP contribution in [-0.4, -0.2) is 17.5 Å². The van der Waals surface area contributed by atoms with Crippen LogP contribution < -0.4 is 4.74 Å². The largest absolute Gasteiger partial charge is 0.497 e. The van der Waals surface area contributed by atoms with Gasteiger partial charge in [-0.25, -0.2) is 4.79 Å². The minimum atomic E-state index is -0.332. The number of methoxy groups -OCH3 is 1. The van der Waals surface area contributed by atoms with E-state index in [-0.39, 0.29) is 12.6 Å². The number of cyclic esters (lactones) is 1. The van der Waals surface area contributed by atoms with Gasteiger partial charge in [-0.2, -0.15) is 0 Å². The zero-order valence-corrected chi connectivity index (χ0v) is 12.9. The summed E-state index contributed by atoms with van der Waals surface area (Å²) in [5, 5.41) is 0. The normalized spacial score (nSPS) is 13.5. The summed E-state index contributed by atoms with van der Waals surface area (Å²) >= 11 is 0. The fraction of sp³-hybridized carbons (Fsp3) is 0.105. The summed E-state index contributed by atoms with van der Waals surface area (Å²) in [5.41, 5.74) is 5.52. The number of oxazole rings is 1. The van der Waals surface area contributed by atoms with E-state index < -0.39 is 0 Å². The molecule has 0 fully saturated rings. The summed E-state index contributed by atoms with van der Waals surface area (Å²) < 4.78 is 18.4. The Morgan fingerprint density at radius 3 is 2.67 bits per heavy atom. The van der Waals surface area contributed by atoms with E-state index in [1.54, 1.807) is 7.11 Å². The molecule has 2 aromatic carbocycles. The van der Waals surface area contributed by atoms with E-state index >= 15 is 0 Å². The molecule has 118 valence electrons. The maximum atomic E-state index is 12.2. The lowest BCUT2D eigenvalue weighted by atomic mass is 10.1. The Kier molecular flexibility index (Phi) is 2.56. The number of rotatable bonds is 2. The van der Waals surface area contributed by atoms with Crippen molar-refractivity contribution < 1.29 is 18.7 Å². The van der Waals surface area contributed by atoms with Crippen LogP contribution in [0, 0.1) is 0 Å². The van der Waals surface area contributed by atoms with Gasteiger partial charge in [0.1, 0.15) is 17.9 Å². The molecule has 4 aromatic rings. The summed E-state index contributed by atoms with van der Waals surface area (Å²) in [6.45, 7) is 0.265. The van der Waals surface area contributed by atoms with E-state index in [1.165, 1.54) is 0 Å². The van der Waals surface area contributed by atoms with E-state index in [4.69, 9.17) is 13.9 Å². The molecule has 1 aliphatic rings. The molecule has 0 N–H and O–H groups in total. The molecule has 0 unspecified atom stereocenters. The summed E-state index contributed by atoms with van der Waals surface area (Å²) in [7, 11) is 1.64. The highest BCUT2D eigenvalue weighted by atomic mass is 16.5. The lowest BCUT2D eigenvalue weighted by Gasteiger charge is -2.06. The highest BCUT2D eigenvalue weighted by Crippen LogP contribution is 2.40. The minimum absolute atomic E-state index is 0.265. The van der Waals surface area contributed by atoms with Crippen LogP contribution in [0.5, 0.6) is 5.75 Å². The fourth-order valence-corrected chi connectivity index (χ4v) is 3.37. The van der Waals surface area contributed by atoms with E-state index in [9.17, 15) is 4.79 Å². The molecule has 1 aliphatic heterocycles. The third-order valence-corrected chi connectivity index (χ3v) is 4.46. The van der Waals surface area contributed by atoms with Gasteiger partial charge < -0.3 is 13.9 Å². The minimum Gasteiger partial charge on any atom is -0.497 e. The first-order valence-corrected chi connectivity index (χ1v) is 7.64. The number of nitrogens with zero attached hydrogens (tertiary/aromatic N) is 1. The second kappa shape index (κ2) is 4.64. The van der Waals surface area contributed by atoms with Crippen molar-refractivity contribution in [2.45, 2.75) is 6.61 Å². The molecule has 0 radical (unpaired) electrons. The van der Waals surface area contributed by atoms with Gasteiger partial charge in [0.25, 0.3) is 0 Å². The summed E-state index contributed by atoms with van der Waals surface area (Å²) in [4.78, 5) is 12.2. The van der Waals surface area contributed by atoms with Crippen LogP contribution in [-0.2, 0) is 11.3 Å². The fourth-order valence-electron chi connectivity index (χ4n) is 3.37. The molecule has 5 nitrogen and oxygen atoms in total. The third kappa shape index (κ3) is 1.61. The monoisotopic (exact) mass is 319 g/mol. The van der Waals surface area contributed by atoms with Crippen LogP contribution in [0.1, 0.15) is 15.9 Å². The van der Waals surface area contributed by atoms with E-state index in [0.717, 1.165) is 33.7 Å². The zero-order chi connectivity index (χ0) is 16.3. The smallest absolute Gasteiger partial charge is 0.344 e. The Morgan fingerprint density at radius 1 is 1.08 bits per heavy atom. The van der Waals surface area contributed by atoms with Gasteiger partial charge in [-0.1, -0.05) is 12.1 Å². The first-order chi connectivity index (χ1) is 11.8. The van der Waals surface area contributed by atoms with Crippen molar-refractivity contribution in [3.05, 3.63) is 59.7 Å². The molecule has 5 heteroatoms. The Bertz CT molecular complexity index is 1100. The van der Waals surface area contributed by atoms with Gasteiger partial charge in [-0.15, -0.1) is 0 Å². The number of aromatic nitrogens is 1. The highest BCUT2D eigenvalue weighted by molar-refractivity contribution is 6.04. The van der Waals surface area contributed by atoms with Crippen LogP contribution in [0.2, 0.25) is 0 Å². The number of fused-ring (bicyclic) bond motifs is 5. The second-order valence-electron chi connectivity index (χ2n) is 5.72. The lowest BCUT2D eigenvalue weighted by molar-refractivity contribution is 0.0534. The van der Waals surface area contributed by atoms with Crippen molar-refractivity contribution in [3.63, 3.8) is 0 Å². The first kappa shape index (κ1) is 13.2. The Balaban J connectivity index is 1.91. The molecule has 0 amide bonds. The predicted molar refractivity (Wildman–Crippen MR) is 88.3 cm³/mol. The number of carbonyl (C=O) groups is 1. The Hall–Kier alpha value is -3.21. The maximum absolute atomic E-state index is 12.2. The SMILES string of the molecule is COc1ccc(-c2c3c(c4oc5ccccc5n24)C(=O)OC3)cc1. The molecule has 24 heavy (non-hydrogen) atoms. The molecule has 5 rings (SSSR count). The van der Waals surface area contributed by atoms with Gasteiger partial charge >= 0.3 is 5.97 Å². The summed E-state index contributed by atoms with van der Waals surface area (Å²) in [6, 6.07) is 15.5. The van der Waals surface area contributed by atoms with Crippen LogP contribution in [0.25, 0.3) is 28.1 Å². The van der Waals surface area contributed by atoms with Crippen molar-refractivity contribution in [2.75, 3.05) is 7.11 Å². The molecule has 0 aliphatic carbocycles. The van der Waals surface area contributed by atoms with Crippen molar-refractivity contribution in [1.82, 2.24) is 4.40 Å². The van der Waals surface area contributed by atoms with Gasteiger partial charge in [0.15, 0.2) is 5.58 Å². The number of para-hydroxylation sites is 2. The molecule has 3 heterocycles. The van der Waals surface area contributed by atoms with Crippen molar-refractivity contribution in [2.24, 2.45) is 0 Å². The van der Waals surface area contributed by atoms with Crippen molar-refractivity contribution in [3.8, 4) is 17.0 Å². The average molecular weight is 319 g/mol. The van der Waals surface area contributed by atoms with Crippen molar-refractivity contribution in [1.29, 1.82) is 0 Å².